The van der Waals surface area contributed by atoms with Crippen molar-refractivity contribution >= 4 is 6.21 Å². The van der Waals surface area contributed by atoms with Crippen LogP contribution in [0.4, 0.5) is 0 Å². The van der Waals surface area contributed by atoms with Crippen molar-refractivity contribution in [3.63, 3.8) is 0 Å². The molecule has 0 radical (unpaired) electrons. The number of nitrogens with two attached hydrogens (primary N) is 1. The topological polar surface area (TPSA) is 38.4 Å². The minimum atomic E-state index is 0.264. The molecule has 0 aromatic carbocycles. The third-order valence-electron chi connectivity index (χ3n) is 2.50. The molecule has 2 nitrogen and oxygen atoms in total. The molecule has 2 N–H and O–H groups in total. The van der Waals surface area contributed by atoms with Gasteiger partial charge in [0.25, 0.3) is 0 Å². The lowest BCUT2D eigenvalue weighted by atomic mass is 9.87. The zero-order chi connectivity index (χ0) is 9.84. The minimum Gasteiger partial charge on any atom is -0.399 e. The Balaban J connectivity index is 2.97. The van der Waals surface area contributed by atoms with Gasteiger partial charge in [-0.05, 0) is 31.2 Å². The van der Waals surface area contributed by atoms with Crippen LogP contribution in [0.15, 0.2) is 28.4 Å². The molecule has 0 aromatic rings. The van der Waals surface area contributed by atoms with Gasteiger partial charge in [0, 0.05) is 11.6 Å². The highest BCUT2D eigenvalue weighted by molar-refractivity contribution is 5.55. The van der Waals surface area contributed by atoms with E-state index in [9.17, 15) is 0 Å². The molecule has 0 saturated heterocycles. The first kappa shape index (κ1) is 10.0. The zero-order valence-corrected chi connectivity index (χ0v) is 8.62. The molecule has 0 spiro atoms. The number of hydrogen-bond acceptors (Lipinski definition) is 2. The van der Waals surface area contributed by atoms with Crippen molar-refractivity contribution in [3.05, 3.63) is 23.4 Å². The van der Waals surface area contributed by atoms with Crippen LogP contribution < -0.4 is 5.73 Å². The van der Waals surface area contributed by atoms with Crippen molar-refractivity contribution < 1.29 is 0 Å². The fraction of sp³-hybridized carbons (Fsp3) is 0.545. The average molecular weight is 178 g/mol. The molecule has 2 atom stereocenters. The second-order valence-corrected chi connectivity index (χ2v) is 3.40. The molecule has 2 heteroatoms. The molecule has 1 rings (SSSR count). The summed E-state index contributed by atoms with van der Waals surface area (Å²) in [5.74, 6) is 0.471. The maximum atomic E-state index is 5.89. The highest BCUT2D eigenvalue weighted by Gasteiger charge is 2.21. The van der Waals surface area contributed by atoms with E-state index in [1.54, 1.807) is 0 Å². The van der Waals surface area contributed by atoms with Crippen LogP contribution in [-0.2, 0) is 0 Å². The van der Waals surface area contributed by atoms with E-state index < -0.39 is 0 Å². The predicted molar refractivity (Wildman–Crippen MR) is 57.8 cm³/mol. The number of aliphatic imine (C=N–C) groups is 1. The van der Waals surface area contributed by atoms with Gasteiger partial charge in [0.15, 0.2) is 0 Å². The number of hydrogen-bond donors (Lipinski definition) is 1. The summed E-state index contributed by atoms with van der Waals surface area (Å²) in [6, 6.07) is 0.264. The lowest BCUT2D eigenvalue weighted by Crippen LogP contribution is -2.23. The van der Waals surface area contributed by atoms with Crippen molar-refractivity contribution in [1.29, 1.82) is 0 Å². The molecule has 0 fully saturated rings. The Hall–Kier alpha value is -1.05. The Morgan fingerprint density at radius 1 is 1.62 bits per heavy atom. The van der Waals surface area contributed by atoms with Crippen molar-refractivity contribution in [1.82, 2.24) is 0 Å². The molecule has 0 aromatic heterocycles. The summed E-state index contributed by atoms with van der Waals surface area (Å²) in [4.78, 5) is 4.45. The lowest BCUT2D eigenvalue weighted by molar-refractivity contribution is 0.579. The summed E-state index contributed by atoms with van der Waals surface area (Å²) in [6.45, 7) is 6.26. The first-order chi connectivity index (χ1) is 6.20. The number of rotatable bonds is 2. The van der Waals surface area contributed by atoms with Gasteiger partial charge < -0.3 is 5.73 Å². The highest BCUT2D eigenvalue weighted by Crippen LogP contribution is 2.26. The minimum absolute atomic E-state index is 0.264. The Morgan fingerprint density at radius 3 is 2.85 bits per heavy atom. The summed E-state index contributed by atoms with van der Waals surface area (Å²) in [5.41, 5.74) is 8.06. The summed E-state index contributed by atoms with van der Waals surface area (Å²) in [7, 11) is 0. The van der Waals surface area contributed by atoms with Crippen molar-refractivity contribution in [2.24, 2.45) is 16.6 Å². The zero-order valence-electron chi connectivity index (χ0n) is 8.62. The van der Waals surface area contributed by atoms with E-state index >= 15 is 0 Å². The van der Waals surface area contributed by atoms with Crippen LogP contribution in [0.5, 0.6) is 0 Å². The van der Waals surface area contributed by atoms with E-state index in [-0.39, 0.29) is 6.04 Å². The summed E-state index contributed by atoms with van der Waals surface area (Å²) >= 11 is 0. The first-order valence-electron chi connectivity index (χ1n) is 4.85. The van der Waals surface area contributed by atoms with Crippen molar-refractivity contribution in [2.75, 3.05) is 0 Å². The van der Waals surface area contributed by atoms with Gasteiger partial charge >= 0.3 is 0 Å². The number of nitrogens with zero attached hydrogens (tertiary/aromatic N) is 1. The molecular weight excluding hydrogens is 160 g/mol. The SMILES string of the molecule is C/C=N\C1C(CC)=C(N)C=CC1C. The quantitative estimate of drug-likeness (QED) is 0.647. The largest absolute Gasteiger partial charge is 0.399 e. The molecule has 0 bridgehead atoms. The summed E-state index contributed by atoms with van der Waals surface area (Å²) in [6.07, 6.45) is 6.99. The van der Waals surface area contributed by atoms with E-state index in [2.05, 4.69) is 24.9 Å². The second kappa shape index (κ2) is 4.26. The van der Waals surface area contributed by atoms with Gasteiger partial charge in [-0.2, -0.15) is 0 Å². The van der Waals surface area contributed by atoms with E-state index in [0.29, 0.717) is 5.92 Å². The maximum Gasteiger partial charge on any atom is 0.0787 e. The molecule has 1 aliphatic carbocycles. The average Bonchev–Trinajstić information content (AvgIpc) is 2.12. The summed E-state index contributed by atoms with van der Waals surface area (Å²) < 4.78 is 0. The fourth-order valence-electron chi connectivity index (χ4n) is 1.76. The standard InChI is InChI=1S/C11H18N2/c1-4-9-10(12)7-6-8(3)11(9)13-5-2/h5-8,11H,4,12H2,1-3H3/b13-5-. The van der Waals surface area contributed by atoms with Gasteiger partial charge in [-0.3, -0.25) is 4.99 Å². The van der Waals surface area contributed by atoms with E-state index in [1.165, 1.54) is 5.57 Å². The smallest absolute Gasteiger partial charge is 0.0787 e. The van der Waals surface area contributed by atoms with E-state index in [1.807, 2.05) is 19.2 Å². The van der Waals surface area contributed by atoms with Gasteiger partial charge in [0.2, 0.25) is 0 Å². The van der Waals surface area contributed by atoms with Gasteiger partial charge in [-0.25, -0.2) is 0 Å². The first-order valence-corrected chi connectivity index (χ1v) is 4.85. The normalized spacial score (nSPS) is 28.8. The van der Waals surface area contributed by atoms with Gasteiger partial charge in [0.1, 0.15) is 0 Å². The third kappa shape index (κ3) is 2.00. The molecule has 0 amide bonds. The molecule has 0 aliphatic heterocycles. The Labute approximate surface area is 80.2 Å². The monoisotopic (exact) mass is 178 g/mol. The highest BCUT2D eigenvalue weighted by atomic mass is 14.8. The van der Waals surface area contributed by atoms with Crippen LogP contribution in [0, 0.1) is 5.92 Å². The molecule has 2 unspecified atom stereocenters. The Bertz CT molecular complexity index is 261. The Morgan fingerprint density at radius 2 is 2.31 bits per heavy atom. The van der Waals surface area contributed by atoms with Crippen LogP contribution in [0.25, 0.3) is 0 Å². The van der Waals surface area contributed by atoms with E-state index in [4.69, 9.17) is 5.73 Å². The molecule has 13 heavy (non-hydrogen) atoms. The summed E-state index contributed by atoms with van der Waals surface area (Å²) in [5, 5.41) is 0. The molecule has 0 heterocycles. The molecular formula is C11H18N2. The molecule has 1 aliphatic rings. The Kier molecular flexibility index (Phi) is 3.29. The second-order valence-electron chi connectivity index (χ2n) is 3.40. The van der Waals surface area contributed by atoms with Crippen LogP contribution in [0.3, 0.4) is 0 Å². The van der Waals surface area contributed by atoms with Crippen molar-refractivity contribution in [3.8, 4) is 0 Å². The predicted octanol–water partition coefficient (Wildman–Crippen LogP) is 2.27. The number of allylic oxidation sites excluding steroid dienone is 1. The van der Waals surface area contributed by atoms with Gasteiger partial charge in [0.05, 0.1) is 6.04 Å². The van der Waals surface area contributed by atoms with Crippen molar-refractivity contribution in [2.45, 2.75) is 33.2 Å². The lowest BCUT2D eigenvalue weighted by Gasteiger charge is -2.25. The van der Waals surface area contributed by atoms with Crippen LogP contribution >= 0.6 is 0 Å². The van der Waals surface area contributed by atoms with Gasteiger partial charge in [-0.15, -0.1) is 0 Å². The third-order valence-corrected chi connectivity index (χ3v) is 2.50. The van der Waals surface area contributed by atoms with E-state index in [0.717, 1.165) is 12.1 Å². The molecule has 0 saturated carbocycles. The fourth-order valence-corrected chi connectivity index (χ4v) is 1.76. The molecule has 72 valence electrons. The van der Waals surface area contributed by atoms with Crippen LogP contribution in [0.1, 0.15) is 27.2 Å². The van der Waals surface area contributed by atoms with Crippen LogP contribution in [0.2, 0.25) is 0 Å². The van der Waals surface area contributed by atoms with Gasteiger partial charge in [-0.1, -0.05) is 19.9 Å². The maximum absolute atomic E-state index is 5.89. The van der Waals surface area contributed by atoms with Crippen LogP contribution in [-0.4, -0.2) is 12.3 Å².